The number of carbonyl (C=O) groups is 2. The number of ketones is 1. The van der Waals surface area contributed by atoms with Crippen LogP contribution in [0.1, 0.15) is 30.5 Å². The van der Waals surface area contributed by atoms with Crippen molar-refractivity contribution in [3.8, 4) is 16.9 Å². The number of nitrogens with two attached hydrogens (primary N) is 2. The number of halogens is 3. The van der Waals surface area contributed by atoms with Gasteiger partial charge in [-0.3, -0.25) is 14.6 Å². The molecule has 0 saturated heterocycles. The molecule has 0 aliphatic carbocycles. The fourth-order valence-corrected chi connectivity index (χ4v) is 5.19. The van der Waals surface area contributed by atoms with Gasteiger partial charge in [0.1, 0.15) is 5.75 Å². The number of hydrogen-bond acceptors (Lipinski definition) is 6. The number of unbranched alkanes of at least 4 members (excludes halogenated alkanes) is 1. The lowest BCUT2D eigenvalue weighted by molar-refractivity contribution is -0.141. The van der Waals surface area contributed by atoms with Crippen molar-refractivity contribution in [1.29, 1.82) is 0 Å². The molecule has 3 aromatic rings. The fourth-order valence-electron chi connectivity index (χ4n) is 3.90. The highest BCUT2D eigenvalue weighted by Crippen LogP contribution is 2.33. The van der Waals surface area contributed by atoms with E-state index in [1.54, 1.807) is 24.3 Å². The average molecular weight is 579 g/mol. The topological polar surface area (TPSA) is 163 Å². The van der Waals surface area contributed by atoms with Crippen LogP contribution in [0, 0.1) is 6.92 Å². The number of Topliss-reactive ketones (excluding diaryl/α,β-unsaturated/α-hetero) is 1. The molecule has 1 aromatic heterocycles. The van der Waals surface area contributed by atoms with Crippen molar-refractivity contribution >= 4 is 28.0 Å². The Morgan fingerprint density at radius 2 is 1.75 bits per heavy atom. The number of sulfone groups is 1. The fraction of sp³-hybridized carbons (Fsp3) is 0.308. The van der Waals surface area contributed by atoms with Crippen molar-refractivity contribution in [1.82, 2.24) is 15.1 Å². The molecular weight excluding hydrogens is 549 g/mol. The predicted molar refractivity (Wildman–Crippen MR) is 143 cm³/mol. The van der Waals surface area contributed by atoms with Gasteiger partial charge in [-0.15, -0.1) is 0 Å². The largest absolute Gasteiger partial charge is 0.435 e. The van der Waals surface area contributed by atoms with E-state index < -0.39 is 39.3 Å². The van der Waals surface area contributed by atoms with E-state index in [2.05, 4.69) is 15.4 Å². The molecule has 3 rings (SSSR count). The van der Waals surface area contributed by atoms with Gasteiger partial charge in [-0.05, 0) is 56.5 Å². The Morgan fingerprint density at radius 3 is 2.33 bits per heavy atom. The zero-order valence-electron chi connectivity index (χ0n) is 21.6. The van der Waals surface area contributed by atoms with Gasteiger partial charge < -0.3 is 16.8 Å². The number of carbonyl (C=O) groups excluding carboxylic acids is 2. The summed E-state index contributed by atoms with van der Waals surface area (Å²) in [4.78, 5) is 27.3. The second-order valence-corrected chi connectivity index (χ2v) is 11.0. The number of aliphatic imine (C=N–C) groups is 1. The molecule has 0 unspecified atom stereocenters. The molecule has 1 amide bonds. The van der Waals surface area contributed by atoms with Crippen LogP contribution in [0.3, 0.4) is 0 Å². The Hall–Kier alpha value is -4.20. The first kappa shape index (κ1) is 30.3. The number of rotatable bonds is 13. The van der Waals surface area contributed by atoms with Gasteiger partial charge in [-0.2, -0.15) is 18.3 Å². The number of aryl methyl sites for hydroxylation is 1. The van der Waals surface area contributed by atoms with Gasteiger partial charge in [0.2, 0.25) is 6.41 Å². The van der Waals surface area contributed by atoms with E-state index >= 15 is 0 Å². The number of alkyl halides is 3. The number of aromatic nitrogens is 2. The van der Waals surface area contributed by atoms with Gasteiger partial charge in [0, 0.05) is 12.1 Å². The van der Waals surface area contributed by atoms with Crippen molar-refractivity contribution in [3.63, 3.8) is 0 Å². The summed E-state index contributed by atoms with van der Waals surface area (Å²) in [5.41, 5.74) is 11.2. The summed E-state index contributed by atoms with van der Waals surface area (Å²) in [5, 5.41) is 6.05. The summed E-state index contributed by atoms with van der Waals surface area (Å²) in [7, 11) is -4.12. The minimum absolute atomic E-state index is 0.0736. The molecule has 14 heteroatoms. The SMILES string of the molecule is Cc1ccc(-c2cc(C(F)(F)F)nn2-c2ccc(S(=O)(=O)CC(=O)[C@H](CCCCN=C(N)N)NC=O)cc2)cc1. The monoisotopic (exact) mass is 578 g/mol. The van der Waals surface area contributed by atoms with E-state index in [0.29, 0.717) is 31.4 Å². The molecule has 0 bridgehead atoms. The van der Waals surface area contributed by atoms with Gasteiger partial charge in [-0.1, -0.05) is 29.8 Å². The van der Waals surface area contributed by atoms with Crippen molar-refractivity contribution < 1.29 is 31.2 Å². The van der Waals surface area contributed by atoms with Crippen molar-refractivity contribution in [2.75, 3.05) is 12.3 Å². The Labute approximate surface area is 229 Å². The van der Waals surface area contributed by atoms with E-state index in [-0.39, 0.29) is 28.7 Å². The molecule has 0 radical (unpaired) electrons. The summed E-state index contributed by atoms with van der Waals surface area (Å²) in [6, 6.07) is 11.8. The quantitative estimate of drug-likeness (QED) is 0.122. The van der Waals surface area contributed by atoms with E-state index in [4.69, 9.17) is 11.5 Å². The number of guanidine groups is 1. The minimum Gasteiger partial charge on any atom is -0.370 e. The Morgan fingerprint density at radius 1 is 1.10 bits per heavy atom. The lowest BCUT2D eigenvalue weighted by Crippen LogP contribution is -2.39. The molecule has 0 spiro atoms. The minimum atomic E-state index is -4.69. The summed E-state index contributed by atoms with van der Waals surface area (Å²) in [6.07, 6.45) is -3.20. The first-order valence-corrected chi connectivity index (χ1v) is 13.8. The second kappa shape index (κ2) is 12.8. The van der Waals surface area contributed by atoms with Crippen molar-refractivity contribution in [2.24, 2.45) is 16.5 Å². The molecule has 214 valence electrons. The maximum absolute atomic E-state index is 13.5. The van der Waals surface area contributed by atoms with Crippen LogP contribution >= 0.6 is 0 Å². The molecule has 2 aromatic carbocycles. The Kier molecular flexibility index (Phi) is 9.69. The highest BCUT2D eigenvalue weighted by Gasteiger charge is 2.35. The van der Waals surface area contributed by atoms with Crippen LogP contribution in [0.25, 0.3) is 16.9 Å². The van der Waals surface area contributed by atoms with Gasteiger partial charge in [0.15, 0.2) is 27.3 Å². The Balaban J connectivity index is 1.81. The van der Waals surface area contributed by atoms with Crippen LogP contribution in [0.15, 0.2) is 64.5 Å². The molecule has 1 heterocycles. The molecule has 40 heavy (non-hydrogen) atoms. The van der Waals surface area contributed by atoms with Gasteiger partial charge in [0.05, 0.1) is 22.3 Å². The van der Waals surface area contributed by atoms with Crippen LogP contribution in [0.4, 0.5) is 13.2 Å². The summed E-state index contributed by atoms with van der Waals surface area (Å²) in [5.74, 6) is -1.66. The van der Waals surface area contributed by atoms with Crippen molar-refractivity contribution in [3.05, 3.63) is 65.9 Å². The van der Waals surface area contributed by atoms with E-state index in [1.807, 2.05) is 6.92 Å². The third kappa shape index (κ3) is 7.91. The normalized spacial score (nSPS) is 12.5. The highest BCUT2D eigenvalue weighted by molar-refractivity contribution is 7.92. The third-order valence-electron chi connectivity index (χ3n) is 5.97. The molecule has 0 aliphatic rings. The zero-order valence-corrected chi connectivity index (χ0v) is 22.4. The summed E-state index contributed by atoms with van der Waals surface area (Å²) < 4.78 is 67.4. The number of benzene rings is 2. The van der Waals surface area contributed by atoms with Crippen LogP contribution in [-0.2, 0) is 25.6 Å². The smallest absolute Gasteiger partial charge is 0.370 e. The standard InChI is InChI=1S/C26H29F3N6O4S/c1-17-5-7-18(8-6-17)22-14-24(26(27,28)29)34-35(22)19-9-11-20(12-10-19)40(38,39)15-23(37)21(33-16-36)4-2-3-13-32-25(30)31/h5-12,14,16,21H,2-4,13,15H2,1H3,(H,33,36)(H4,30,31,32)/t21-/m0/s1. The lowest BCUT2D eigenvalue weighted by Gasteiger charge is -2.15. The van der Waals surface area contributed by atoms with E-state index in [0.717, 1.165) is 16.3 Å². The zero-order chi connectivity index (χ0) is 29.5. The molecular formula is C26H29F3N6O4S. The number of hydrogen-bond donors (Lipinski definition) is 3. The molecule has 10 nitrogen and oxygen atoms in total. The third-order valence-corrected chi connectivity index (χ3v) is 7.63. The summed E-state index contributed by atoms with van der Waals surface area (Å²) in [6.45, 7) is 2.17. The summed E-state index contributed by atoms with van der Waals surface area (Å²) >= 11 is 0. The molecule has 1 atom stereocenters. The van der Waals surface area contributed by atoms with Gasteiger partial charge in [-0.25, -0.2) is 13.1 Å². The lowest BCUT2D eigenvalue weighted by atomic mass is 10.1. The van der Waals surface area contributed by atoms with Crippen LogP contribution < -0.4 is 16.8 Å². The van der Waals surface area contributed by atoms with Gasteiger partial charge in [0.25, 0.3) is 0 Å². The molecule has 5 N–H and O–H groups in total. The highest BCUT2D eigenvalue weighted by atomic mass is 32.2. The number of nitrogens with one attached hydrogen (secondary N) is 1. The van der Waals surface area contributed by atoms with E-state index in [1.165, 1.54) is 24.3 Å². The van der Waals surface area contributed by atoms with Gasteiger partial charge >= 0.3 is 6.18 Å². The van der Waals surface area contributed by atoms with Crippen LogP contribution in [0.2, 0.25) is 0 Å². The van der Waals surface area contributed by atoms with Crippen LogP contribution in [-0.4, -0.2) is 54.7 Å². The van der Waals surface area contributed by atoms with Crippen LogP contribution in [0.5, 0.6) is 0 Å². The second-order valence-electron chi connectivity index (χ2n) is 9.05. The number of amides is 1. The maximum atomic E-state index is 13.5. The van der Waals surface area contributed by atoms with E-state index in [9.17, 15) is 31.2 Å². The molecule has 0 fully saturated rings. The first-order valence-electron chi connectivity index (χ1n) is 12.2. The van der Waals surface area contributed by atoms with Crippen molar-refractivity contribution in [2.45, 2.75) is 43.3 Å². The molecule has 0 saturated carbocycles. The molecule has 0 aliphatic heterocycles. The first-order chi connectivity index (χ1) is 18.8. The maximum Gasteiger partial charge on any atom is 0.435 e. The Bertz CT molecular complexity index is 1460. The predicted octanol–water partition coefficient (Wildman–Crippen LogP) is 2.77. The number of nitrogens with zero attached hydrogens (tertiary/aromatic N) is 3. The average Bonchev–Trinajstić information content (AvgIpc) is 3.34.